The molecule has 0 aliphatic rings. The molecule has 0 aliphatic heterocycles. The van der Waals surface area contributed by atoms with Gasteiger partial charge in [-0.25, -0.2) is 0 Å². The third-order valence-electron chi connectivity index (χ3n) is 3.50. The predicted octanol–water partition coefficient (Wildman–Crippen LogP) is 4.88. The van der Waals surface area contributed by atoms with E-state index in [9.17, 15) is 18.0 Å². The molecule has 0 atom stereocenters. The normalized spacial score (nSPS) is 11.4. The van der Waals surface area contributed by atoms with Crippen LogP contribution in [0, 0.1) is 0 Å². The van der Waals surface area contributed by atoms with E-state index in [1.807, 2.05) is 38.1 Å². The Balaban J connectivity index is 2.00. The summed E-state index contributed by atoms with van der Waals surface area (Å²) in [5, 5.41) is 5.50. The van der Waals surface area contributed by atoms with E-state index in [0.717, 1.165) is 23.4 Å². The fourth-order valence-corrected chi connectivity index (χ4v) is 2.32. The number of anilines is 2. The molecule has 0 heterocycles. The largest absolute Gasteiger partial charge is 0.416 e. The number of nitrogens with one attached hydrogen (secondary N) is 2. The van der Waals surface area contributed by atoms with Crippen LogP contribution in [0.1, 0.15) is 30.9 Å². The molecule has 2 aromatic rings. The molecule has 0 saturated heterocycles. The Hall–Kier alpha value is -2.50. The Bertz CT molecular complexity index is 711. The molecule has 0 aliphatic carbocycles. The number of halogens is 3. The Morgan fingerprint density at radius 2 is 1.79 bits per heavy atom. The lowest BCUT2D eigenvalue weighted by atomic mass is 10.0. The molecule has 0 saturated carbocycles. The molecule has 3 nitrogen and oxygen atoms in total. The van der Waals surface area contributed by atoms with Crippen LogP contribution < -0.4 is 10.6 Å². The van der Waals surface area contributed by atoms with E-state index in [1.165, 1.54) is 12.1 Å². The quantitative estimate of drug-likeness (QED) is 0.817. The number of rotatable bonds is 5. The lowest BCUT2D eigenvalue weighted by Gasteiger charge is -2.14. The summed E-state index contributed by atoms with van der Waals surface area (Å²) in [5.41, 5.74) is 1.24. The average molecular weight is 336 g/mol. The smallest absolute Gasteiger partial charge is 0.376 e. The molecule has 128 valence electrons. The molecule has 0 aromatic heterocycles. The second-order valence-electron chi connectivity index (χ2n) is 5.72. The zero-order chi connectivity index (χ0) is 17.7. The molecule has 2 N–H and O–H groups in total. The highest BCUT2D eigenvalue weighted by Crippen LogP contribution is 2.30. The van der Waals surface area contributed by atoms with Gasteiger partial charge in [0, 0.05) is 11.4 Å². The van der Waals surface area contributed by atoms with Crippen LogP contribution in [0.15, 0.2) is 48.5 Å². The topological polar surface area (TPSA) is 41.1 Å². The summed E-state index contributed by atoms with van der Waals surface area (Å²) in [5.74, 6) is -0.117. The van der Waals surface area contributed by atoms with Crippen LogP contribution in [-0.2, 0) is 11.0 Å². The van der Waals surface area contributed by atoms with Crippen LogP contribution in [0.4, 0.5) is 24.5 Å². The van der Waals surface area contributed by atoms with Crippen molar-refractivity contribution in [3.8, 4) is 0 Å². The standard InChI is InChI=1S/C18H19F3N2O/c1-12(2)15-8-3-4-9-16(15)22-11-17(24)23-14-7-5-6-13(10-14)18(19,20)21/h3-10,12,22H,11H2,1-2H3,(H,23,24). The van der Waals surface area contributed by atoms with Gasteiger partial charge in [0.25, 0.3) is 0 Å². The van der Waals surface area contributed by atoms with Gasteiger partial charge in [-0.15, -0.1) is 0 Å². The third-order valence-corrected chi connectivity index (χ3v) is 3.50. The number of para-hydroxylation sites is 1. The minimum atomic E-state index is -4.44. The number of benzene rings is 2. The first kappa shape index (κ1) is 17.8. The molecule has 6 heteroatoms. The van der Waals surface area contributed by atoms with Gasteiger partial charge in [0.2, 0.25) is 5.91 Å². The van der Waals surface area contributed by atoms with Gasteiger partial charge in [-0.05, 0) is 35.7 Å². The van der Waals surface area contributed by atoms with Crippen LogP contribution in [0.2, 0.25) is 0 Å². The van der Waals surface area contributed by atoms with Crippen LogP contribution >= 0.6 is 0 Å². The Morgan fingerprint density at radius 3 is 2.46 bits per heavy atom. The van der Waals surface area contributed by atoms with Crippen LogP contribution in [0.5, 0.6) is 0 Å². The molecule has 0 bridgehead atoms. The van der Waals surface area contributed by atoms with Gasteiger partial charge >= 0.3 is 6.18 Å². The van der Waals surface area contributed by atoms with E-state index in [2.05, 4.69) is 10.6 Å². The van der Waals surface area contributed by atoms with E-state index in [1.54, 1.807) is 0 Å². The monoisotopic (exact) mass is 336 g/mol. The van der Waals surface area contributed by atoms with Crippen molar-refractivity contribution in [2.24, 2.45) is 0 Å². The Kier molecular flexibility index (Phi) is 5.49. The zero-order valence-electron chi connectivity index (χ0n) is 13.4. The summed E-state index contributed by atoms with van der Waals surface area (Å²) < 4.78 is 38.0. The molecule has 1 amide bonds. The van der Waals surface area contributed by atoms with Crippen molar-refractivity contribution < 1.29 is 18.0 Å². The van der Waals surface area contributed by atoms with Gasteiger partial charge in [-0.2, -0.15) is 13.2 Å². The summed E-state index contributed by atoms with van der Waals surface area (Å²) in [6.07, 6.45) is -4.44. The SMILES string of the molecule is CC(C)c1ccccc1NCC(=O)Nc1cccc(C(F)(F)F)c1. The molecule has 24 heavy (non-hydrogen) atoms. The average Bonchev–Trinajstić information content (AvgIpc) is 2.52. The van der Waals surface area contributed by atoms with Crippen molar-refractivity contribution in [2.45, 2.75) is 25.9 Å². The van der Waals surface area contributed by atoms with Crippen LogP contribution in [0.25, 0.3) is 0 Å². The van der Waals surface area contributed by atoms with Gasteiger partial charge in [0.15, 0.2) is 0 Å². The fraction of sp³-hybridized carbons (Fsp3) is 0.278. The highest BCUT2D eigenvalue weighted by molar-refractivity contribution is 5.93. The van der Waals surface area contributed by atoms with Crippen molar-refractivity contribution in [3.05, 3.63) is 59.7 Å². The molecular formula is C18H19F3N2O. The third kappa shape index (κ3) is 4.75. The molecule has 0 spiro atoms. The maximum atomic E-state index is 12.7. The molecular weight excluding hydrogens is 317 g/mol. The number of hydrogen-bond acceptors (Lipinski definition) is 2. The summed E-state index contributed by atoms with van der Waals surface area (Å²) in [6.45, 7) is 4.06. The maximum Gasteiger partial charge on any atom is 0.416 e. The minimum Gasteiger partial charge on any atom is -0.376 e. The predicted molar refractivity (Wildman–Crippen MR) is 89.1 cm³/mol. The van der Waals surface area contributed by atoms with Gasteiger partial charge in [-0.1, -0.05) is 38.1 Å². The first-order valence-corrected chi connectivity index (χ1v) is 7.57. The van der Waals surface area contributed by atoms with E-state index in [-0.39, 0.29) is 12.2 Å². The van der Waals surface area contributed by atoms with Crippen molar-refractivity contribution in [2.75, 3.05) is 17.2 Å². The van der Waals surface area contributed by atoms with Gasteiger partial charge < -0.3 is 10.6 Å². The molecule has 0 radical (unpaired) electrons. The van der Waals surface area contributed by atoms with E-state index in [0.29, 0.717) is 5.92 Å². The molecule has 2 aromatic carbocycles. The molecule has 0 unspecified atom stereocenters. The lowest BCUT2D eigenvalue weighted by molar-refractivity contribution is -0.137. The maximum absolute atomic E-state index is 12.7. The zero-order valence-corrected chi connectivity index (χ0v) is 13.4. The fourth-order valence-electron chi connectivity index (χ4n) is 2.32. The van der Waals surface area contributed by atoms with Crippen molar-refractivity contribution in [1.29, 1.82) is 0 Å². The van der Waals surface area contributed by atoms with Crippen LogP contribution in [-0.4, -0.2) is 12.5 Å². The van der Waals surface area contributed by atoms with Crippen molar-refractivity contribution >= 4 is 17.3 Å². The number of alkyl halides is 3. The second kappa shape index (κ2) is 7.38. The second-order valence-corrected chi connectivity index (χ2v) is 5.72. The summed E-state index contributed by atoms with van der Waals surface area (Å²) in [6, 6.07) is 12.2. The van der Waals surface area contributed by atoms with Gasteiger partial charge in [0.05, 0.1) is 12.1 Å². The lowest BCUT2D eigenvalue weighted by Crippen LogP contribution is -2.22. The highest BCUT2D eigenvalue weighted by atomic mass is 19.4. The Labute approximate surface area is 138 Å². The van der Waals surface area contributed by atoms with Crippen molar-refractivity contribution in [1.82, 2.24) is 0 Å². The molecule has 0 fully saturated rings. The van der Waals surface area contributed by atoms with E-state index >= 15 is 0 Å². The number of carbonyl (C=O) groups is 1. The molecule has 2 rings (SSSR count). The Morgan fingerprint density at radius 1 is 1.08 bits per heavy atom. The summed E-state index contributed by atoms with van der Waals surface area (Å²) >= 11 is 0. The van der Waals surface area contributed by atoms with Gasteiger partial charge in [0.1, 0.15) is 0 Å². The van der Waals surface area contributed by atoms with Crippen LogP contribution in [0.3, 0.4) is 0 Å². The van der Waals surface area contributed by atoms with E-state index in [4.69, 9.17) is 0 Å². The minimum absolute atomic E-state index is 0.0278. The van der Waals surface area contributed by atoms with Crippen molar-refractivity contribution in [3.63, 3.8) is 0 Å². The summed E-state index contributed by atoms with van der Waals surface area (Å²) in [4.78, 5) is 12.0. The van der Waals surface area contributed by atoms with E-state index < -0.39 is 17.6 Å². The number of carbonyl (C=O) groups excluding carboxylic acids is 1. The first-order valence-electron chi connectivity index (χ1n) is 7.57. The number of hydrogen-bond donors (Lipinski definition) is 2. The highest BCUT2D eigenvalue weighted by Gasteiger charge is 2.30. The summed E-state index contributed by atoms with van der Waals surface area (Å²) in [7, 11) is 0. The van der Waals surface area contributed by atoms with Gasteiger partial charge in [-0.3, -0.25) is 4.79 Å². The first-order chi connectivity index (χ1) is 11.3. The number of amides is 1.